The maximum atomic E-state index is 11.2. The van der Waals surface area contributed by atoms with E-state index in [2.05, 4.69) is 0 Å². The highest BCUT2D eigenvalue weighted by atomic mass is 16.6. The van der Waals surface area contributed by atoms with Crippen LogP contribution in [0.25, 0.3) is 0 Å². The molecule has 4 nitrogen and oxygen atoms in total. The number of epoxide rings is 1. The van der Waals surface area contributed by atoms with E-state index in [1.165, 1.54) is 0 Å². The van der Waals surface area contributed by atoms with E-state index in [4.69, 9.17) is 9.47 Å². The van der Waals surface area contributed by atoms with Crippen LogP contribution < -0.4 is 0 Å². The summed E-state index contributed by atoms with van der Waals surface area (Å²) in [5.74, 6) is -0.263. The van der Waals surface area contributed by atoms with Gasteiger partial charge in [0, 0.05) is 6.42 Å². The van der Waals surface area contributed by atoms with Crippen molar-refractivity contribution in [3.8, 4) is 0 Å². The highest BCUT2D eigenvalue weighted by Crippen LogP contribution is 2.29. The summed E-state index contributed by atoms with van der Waals surface area (Å²) in [7, 11) is 0. The van der Waals surface area contributed by atoms with Gasteiger partial charge in [-0.15, -0.1) is 0 Å². The quantitative estimate of drug-likeness (QED) is 0.347. The fourth-order valence-electron chi connectivity index (χ4n) is 1.60. The molecule has 1 N–H and O–H groups in total. The standard InChI is InChI=1S/C10H14O4/c1-6-10-8(14-10)4-2-7(11)3-5-9(12)13-6/h2,4,6-8,10-11H,3,5H2,1H3/t6-,7+,8-,10+/m1/s1. The number of ether oxygens (including phenoxy) is 2. The fraction of sp³-hybridized carbons (Fsp3) is 0.700. The lowest BCUT2D eigenvalue weighted by atomic mass is 10.1. The molecule has 4 atom stereocenters. The molecule has 0 radical (unpaired) electrons. The Balaban J connectivity index is 2.03. The van der Waals surface area contributed by atoms with E-state index in [0.29, 0.717) is 6.42 Å². The molecule has 0 unspecified atom stereocenters. The molecular weight excluding hydrogens is 184 g/mol. The molecular formula is C10H14O4. The van der Waals surface area contributed by atoms with Gasteiger partial charge in [0.05, 0.1) is 6.10 Å². The van der Waals surface area contributed by atoms with Gasteiger partial charge in [-0.3, -0.25) is 4.79 Å². The van der Waals surface area contributed by atoms with Gasteiger partial charge in [-0.25, -0.2) is 0 Å². The monoisotopic (exact) mass is 198 g/mol. The second-order valence-corrected chi connectivity index (χ2v) is 3.75. The van der Waals surface area contributed by atoms with E-state index < -0.39 is 6.10 Å². The minimum Gasteiger partial charge on any atom is -0.460 e. The third kappa shape index (κ3) is 2.13. The van der Waals surface area contributed by atoms with Gasteiger partial charge in [-0.2, -0.15) is 0 Å². The Hall–Kier alpha value is -0.870. The number of rotatable bonds is 0. The summed E-state index contributed by atoms with van der Waals surface area (Å²) in [5, 5.41) is 9.40. The zero-order chi connectivity index (χ0) is 10.1. The second kappa shape index (κ2) is 3.71. The molecule has 1 fully saturated rings. The number of cyclic esters (lactones) is 1. The number of carbonyl (C=O) groups is 1. The molecule has 0 saturated carbocycles. The van der Waals surface area contributed by atoms with Crippen molar-refractivity contribution in [2.75, 3.05) is 0 Å². The number of aliphatic hydroxyl groups is 1. The van der Waals surface area contributed by atoms with Crippen LogP contribution in [-0.2, 0) is 14.3 Å². The molecule has 2 rings (SSSR count). The molecule has 0 aliphatic carbocycles. The summed E-state index contributed by atoms with van der Waals surface area (Å²) in [6.45, 7) is 1.83. The molecule has 0 spiro atoms. The minimum absolute atomic E-state index is 0.00514. The highest BCUT2D eigenvalue weighted by Gasteiger charge is 2.43. The molecule has 78 valence electrons. The van der Waals surface area contributed by atoms with Crippen LogP contribution in [0.15, 0.2) is 12.2 Å². The molecule has 0 amide bonds. The van der Waals surface area contributed by atoms with Crippen LogP contribution in [0.4, 0.5) is 0 Å². The molecule has 14 heavy (non-hydrogen) atoms. The molecule has 4 heteroatoms. The van der Waals surface area contributed by atoms with E-state index >= 15 is 0 Å². The van der Waals surface area contributed by atoms with E-state index in [1.807, 2.05) is 13.0 Å². The van der Waals surface area contributed by atoms with Gasteiger partial charge >= 0.3 is 5.97 Å². The zero-order valence-electron chi connectivity index (χ0n) is 8.05. The van der Waals surface area contributed by atoms with Crippen LogP contribution in [0, 0.1) is 0 Å². The lowest BCUT2D eigenvalue weighted by Crippen LogP contribution is -2.23. The van der Waals surface area contributed by atoms with Crippen LogP contribution in [0.5, 0.6) is 0 Å². The number of fused-ring (bicyclic) bond motifs is 1. The molecule has 2 aliphatic heterocycles. The number of hydrogen-bond donors (Lipinski definition) is 1. The molecule has 0 bridgehead atoms. The Morgan fingerprint density at radius 3 is 3.07 bits per heavy atom. The molecule has 1 saturated heterocycles. The molecule has 2 aliphatic rings. The van der Waals surface area contributed by atoms with Gasteiger partial charge in [0.1, 0.15) is 18.3 Å². The third-order valence-corrected chi connectivity index (χ3v) is 2.51. The predicted molar refractivity (Wildman–Crippen MR) is 48.6 cm³/mol. The Morgan fingerprint density at radius 1 is 1.50 bits per heavy atom. The maximum absolute atomic E-state index is 11.2. The molecule has 0 aromatic rings. The lowest BCUT2D eigenvalue weighted by Gasteiger charge is -2.12. The number of aliphatic hydroxyl groups excluding tert-OH is 1. The van der Waals surface area contributed by atoms with Crippen LogP contribution in [0.3, 0.4) is 0 Å². The largest absolute Gasteiger partial charge is 0.460 e. The van der Waals surface area contributed by atoms with Crippen molar-refractivity contribution in [3.63, 3.8) is 0 Å². The summed E-state index contributed by atoms with van der Waals surface area (Å²) >= 11 is 0. The predicted octanol–water partition coefficient (Wildman–Crippen LogP) is 0.396. The second-order valence-electron chi connectivity index (χ2n) is 3.75. The van der Waals surface area contributed by atoms with Crippen LogP contribution in [0.2, 0.25) is 0 Å². The van der Waals surface area contributed by atoms with E-state index in [0.717, 1.165) is 0 Å². The topological polar surface area (TPSA) is 59.1 Å². The van der Waals surface area contributed by atoms with Crippen molar-refractivity contribution in [2.24, 2.45) is 0 Å². The average Bonchev–Trinajstić information content (AvgIpc) is 2.89. The minimum atomic E-state index is -0.569. The molecule has 0 aromatic carbocycles. The lowest BCUT2D eigenvalue weighted by molar-refractivity contribution is -0.149. The van der Waals surface area contributed by atoms with Crippen LogP contribution >= 0.6 is 0 Å². The van der Waals surface area contributed by atoms with Crippen LogP contribution in [0.1, 0.15) is 19.8 Å². The number of carbonyl (C=O) groups excluding carboxylic acids is 1. The molecule has 0 aromatic heterocycles. The zero-order valence-corrected chi connectivity index (χ0v) is 8.05. The Bertz CT molecular complexity index is 261. The first kappa shape index (κ1) is 9.68. The molecule has 2 heterocycles. The van der Waals surface area contributed by atoms with Gasteiger partial charge < -0.3 is 14.6 Å². The smallest absolute Gasteiger partial charge is 0.306 e. The summed E-state index contributed by atoms with van der Waals surface area (Å²) < 4.78 is 10.4. The van der Waals surface area contributed by atoms with Crippen molar-refractivity contribution in [2.45, 2.75) is 44.2 Å². The Morgan fingerprint density at radius 2 is 2.29 bits per heavy atom. The van der Waals surface area contributed by atoms with E-state index in [9.17, 15) is 9.90 Å². The summed E-state index contributed by atoms with van der Waals surface area (Å²) in [4.78, 5) is 11.2. The fourth-order valence-corrected chi connectivity index (χ4v) is 1.60. The van der Waals surface area contributed by atoms with Crippen molar-refractivity contribution < 1.29 is 19.4 Å². The maximum Gasteiger partial charge on any atom is 0.306 e. The number of esters is 1. The first-order chi connectivity index (χ1) is 6.66. The van der Waals surface area contributed by atoms with Crippen molar-refractivity contribution >= 4 is 5.97 Å². The van der Waals surface area contributed by atoms with Crippen molar-refractivity contribution in [1.29, 1.82) is 0 Å². The summed E-state index contributed by atoms with van der Waals surface area (Å²) in [5.41, 5.74) is 0. The summed E-state index contributed by atoms with van der Waals surface area (Å²) in [6.07, 6.45) is 3.42. The van der Waals surface area contributed by atoms with E-state index in [-0.39, 0.29) is 30.7 Å². The van der Waals surface area contributed by atoms with Gasteiger partial charge in [-0.1, -0.05) is 12.2 Å². The Labute approximate surface area is 82.5 Å². The van der Waals surface area contributed by atoms with E-state index in [1.54, 1.807) is 6.08 Å². The highest BCUT2D eigenvalue weighted by molar-refractivity contribution is 5.69. The number of hydrogen-bond acceptors (Lipinski definition) is 4. The first-order valence-electron chi connectivity index (χ1n) is 4.88. The third-order valence-electron chi connectivity index (χ3n) is 2.51. The van der Waals surface area contributed by atoms with Gasteiger partial charge in [0.25, 0.3) is 0 Å². The SMILES string of the molecule is C[C@H]1OC(=O)CC[C@@H](O)C=C[C@H]2O[C@@H]12. The first-order valence-corrected chi connectivity index (χ1v) is 4.88. The summed E-state index contributed by atoms with van der Waals surface area (Å²) in [6, 6.07) is 0. The normalized spacial score (nSPS) is 42.6. The van der Waals surface area contributed by atoms with Crippen LogP contribution in [-0.4, -0.2) is 35.5 Å². The van der Waals surface area contributed by atoms with Crippen molar-refractivity contribution in [1.82, 2.24) is 0 Å². The Kier molecular flexibility index (Phi) is 2.56. The van der Waals surface area contributed by atoms with Crippen molar-refractivity contribution in [3.05, 3.63) is 12.2 Å². The van der Waals surface area contributed by atoms with Gasteiger partial charge in [0.2, 0.25) is 0 Å². The van der Waals surface area contributed by atoms with Gasteiger partial charge in [-0.05, 0) is 13.3 Å². The average molecular weight is 198 g/mol. The van der Waals surface area contributed by atoms with Gasteiger partial charge in [0.15, 0.2) is 0 Å².